The highest BCUT2D eigenvalue weighted by atomic mass is 79.9. The number of hydrogen-bond acceptors (Lipinski definition) is 3. The molecule has 1 aromatic heterocycles. The van der Waals surface area contributed by atoms with E-state index in [2.05, 4.69) is 20.9 Å². The third kappa shape index (κ3) is 2.31. The third-order valence-electron chi connectivity index (χ3n) is 2.13. The Labute approximate surface area is 105 Å². The Balaban J connectivity index is 2.42. The van der Waals surface area contributed by atoms with Gasteiger partial charge in [-0.3, -0.25) is 0 Å². The van der Waals surface area contributed by atoms with E-state index in [-0.39, 0.29) is 11.9 Å². The molecule has 1 aromatic carbocycles. The molecule has 2 N–H and O–H groups in total. The van der Waals surface area contributed by atoms with Crippen LogP contribution in [-0.2, 0) is 0 Å². The molecule has 0 radical (unpaired) electrons. The summed E-state index contributed by atoms with van der Waals surface area (Å²) in [5, 5.41) is 0.846. The van der Waals surface area contributed by atoms with Crippen molar-refractivity contribution in [2.45, 2.75) is 13.0 Å². The lowest BCUT2D eigenvalue weighted by atomic mass is 10.2. The van der Waals surface area contributed by atoms with E-state index in [9.17, 15) is 4.39 Å². The SMILES string of the molecule is CC(N)c1cnc(-c2ccc(F)cc2Br)s1. The van der Waals surface area contributed by atoms with Gasteiger partial charge in [-0.15, -0.1) is 11.3 Å². The van der Waals surface area contributed by atoms with Crippen molar-refractivity contribution in [3.63, 3.8) is 0 Å². The molecule has 0 spiro atoms. The fraction of sp³-hybridized carbons (Fsp3) is 0.182. The zero-order valence-corrected chi connectivity index (χ0v) is 11.0. The molecule has 0 fully saturated rings. The predicted octanol–water partition coefficient (Wildman–Crippen LogP) is 3.73. The van der Waals surface area contributed by atoms with Crippen LogP contribution >= 0.6 is 27.3 Å². The molecule has 0 aliphatic heterocycles. The second kappa shape index (κ2) is 4.61. The van der Waals surface area contributed by atoms with Crippen molar-refractivity contribution in [2.75, 3.05) is 0 Å². The van der Waals surface area contributed by atoms with E-state index >= 15 is 0 Å². The van der Waals surface area contributed by atoms with Gasteiger partial charge in [-0.1, -0.05) is 0 Å². The Morgan fingerprint density at radius 3 is 2.81 bits per heavy atom. The minimum absolute atomic E-state index is 0.0227. The summed E-state index contributed by atoms with van der Waals surface area (Å²) in [6.07, 6.45) is 1.76. The van der Waals surface area contributed by atoms with E-state index in [4.69, 9.17) is 5.73 Å². The predicted molar refractivity (Wildman–Crippen MR) is 67.8 cm³/mol. The molecular weight excluding hydrogens is 291 g/mol. The van der Waals surface area contributed by atoms with Gasteiger partial charge in [0.25, 0.3) is 0 Å². The molecule has 0 aliphatic carbocycles. The van der Waals surface area contributed by atoms with Crippen LogP contribution in [0.4, 0.5) is 4.39 Å². The molecule has 2 aromatic rings. The maximum Gasteiger partial charge on any atom is 0.124 e. The largest absolute Gasteiger partial charge is 0.323 e. The summed E-state index contributed by atoms with van der Waals surface area (Å²) in [5.41, 5.74) is 6.65. The van der Waals surface area contributed by atoms with Crippen molar-refractivity contribution in [2.24, 2.45) is 5.73 Å². The van der Waals surface area contributed by atoms with Crippen LogP contribution in [0.2, 0.25) is 0 Å². The number of benzene rings is 1. The van der Waals surface area contributed by atoms with Crippen LogP contribution in [0.3, 0.4) is 0 Å². The van der Waals surface area contributed by atoms with E-state index < -0.39 is 0 Å². The molecule has 5 heteroatoms. The van der Waals surface area contributed by atoms with E-state index in [0.29, 0.717) is 4.47 Å². The van der Waals surface area contributed by atoms with Crippen molar-refractivity contribution in [1.82, 2.24) is 4.98 Å². The number of aromatic nitrogens is 1. The number of thiazole rings is 1. The first-order valence-corrected chi connectivity index (χ1v) is 6.35. The lowest BCUT2D eigenvalue weighted by Crippen LogP contribution is -2.01. The second-order valence-corrected chi connectivity index (χ2v) is 5.40. The van der Waals surface area contributed by atoms with Crippen LogP contribution in [0.1, 0.15) is 17.8 Å². The van der Waals surface area contributed by atoms with Gasteiger partial charge in [-0.2, -0.15) is 0 Å². The average Bonchev–Trinajstić information content (AvgIpc) is 2.66. The Morgan fingerprint density at radius 2 is 2.25 bits per heavy atom. The third-order valence-corrected chi connectivity index (χ3v) is 4.02. The van der Waals surface area contributed by atoms with Gasteiger partial charge in [0.15, 0.2) is 0 Å². The quantitative estimate of drug-likeness (QED) is 0.918. The molecule has 84 valence electrons. The van der Waals surface area contributed by atoms with Gasteiger partial charge in [-0.05, 0) is 41.1 Å². The fourth-order valence-corrected chi connectivity index (χ4v) is 2.86. The van der Waals surface area contributed by atoms with Gasteiger partial charge in [0.05, 0.1) is 0 Å². The van der Waals surface area contributed by atoms with Gasteiger partial charge >= 0.3 is 0 Å². The van der Waals surface area contributed by atoms with Gasteiger partial charge < -0.3 is 5.73 Å². The summed E-state index contributed by atoms with van der Waals surface area (Å²) >= 11 is 4.85. The highest BCUT2D eigenvalue weighted by Gasteiger charge is 2.10. The second-order valence-electron chi connectivity index (χ2n) is 3.48. The molecule has 0 bridgehead atoms. The Kier molecular flexibility index (Phi) is 3.37. The molecule has 2 nitrogen and oxygen atoms in total. The van der Waals surface area contributed by atoms with Gasteiger partial charge in [0, 0.05) is 27.2 Å². The van der Waals surface area contributed by atoms with Crippen LogP contribution in [0.5, 0.6) is 0 Å². The van der Waals surface area contributed by atoms with Crippen LogP contribution in [-0.4, -0.2) is 4.98 Å². The molecule has 0 aliphatic rings. The number of halogens is 2. The van der Waals surface area contributed by atoms with Crippen molar-refractivity contribution in [1.29, 1.82) is 0 Å². The Morgan fingerprint density at radius 1 is 1.50 bits per heavy atom. The Hall–Kier alpha value is -0.780. The maximum atomic E-state index is 12.9. The van der Waals surface area contributed by atoms with E-state index in [1.54, 1.807) is 12.3 Å². The first-order valence-electron chi connectivity index (χ1n) is 4.74. The van der Waals surface area contributed by atoms with Crippen molar-refractivity contribution in [3.8, 4) is 10.6 Å². The first-order chi connectivity index (χ1) is 7.58. The molecule has 16 heavy (non-hydrogen) atoms. The number of nitrogens with two attached hydrogens (primary N) is 1. The lowest BCUT2D eigenvalue weighted by Gasteiger charge is -2.00. The van der Waals surface area contributed by atoms with Crippen molar-refractivity contribution >= 4 is 27.3 Å². The first kappa shape index (κ1) is 11.7. The summed E-state index contributed by atoms with van der Waals surface area (Å²) in [7, 11) is 0. The number of hydrogen-bond donors (Lipinski definition) is 1. The lowest BCUT2D eigenvalue weighted by molar-refractivity contribution is 0.627. The minimum atomic E-state index is -0.264. The van der Waals surface area contributed by atoms with Crippen molar-refractivity contribution < 1.29 is 4.39 Å². The zero-order chi connectivity index (χ0) is 11.7. The van der Waals surface area contributed by atoms with Gasteiger partial charge in [0.1, 0.15) is 10.8 Å². The standard InChI is InChI=1S/C11H10BrFN2S/c1-6(14)10-5-15-11(16-10)8-3-2-7(13)4-9(8)12/h2-6H,14H2,1H3. The van der Waals surface area contributed by atoms with Crippen molar-refractivity contribution in [3.05, 3.63) is 39.6 Å². The van der Waals surface area contributed by atoms with Crippen LogP contribution < -0.4 is 5.73 Å². The smallest absolute Gasteiger partial charge is 0.124 e. The molecular formula is C11H10BrFN2S. The van der Waals surface area contributed by atoms with Gasteiger partial charge in [-0.25, -0.2) is 9.37 Å². The zero-order valence-electron chi connectivity index (χ0n) is 8.58. The van der Waals surface area contributed by atoms with E-state index in [1.165, 1.54) is 23.5 Å². The normalized spacial score (nSPS) is 12.8. The topological polar surface area (TPSA) is 38.9 Å². The minimum Gasteiger partial charge on any atom is -0.323 e. The monoisotopic (exact) mass is 300 g/mol. The van der Waals surface area contributed by atoms with Crippen LogP contribution in [0.25, 0.3) is 10.6 Å². The molecule has 1 heterocycles. The number of nitrogens with zero attached hydrogens (tertiary/aromatic N) is 1. The highest BCUT2D eigenvalue weighted by Crippen LogP contribution is 2.33. The molecule has 2 rings (SSSR count). The van der Waals surface area contributed by atoms with E-state index in [1.807, 2.05) is 6.92 Å². The fourth-order valence-electron chi connectivity index (χ4n) is 1.28. The summed E-state index contributed by atoms with van der Waals surface area (Å²) in [5.74, 6) is -0.264. The maximum absolute atomic E-state index is 12.9. The average molecular weight is 301 g/mol. The van der Waals surface area contributed by atoms with Crippen LogP contribution in [0, 0.1) is 5.82 Å². The summed E-state index contributed by atoms with van der Waals surface area (Å²) in [6.45, 7) is 1.91. The summed E-state index contributed by atoms with van der Waals surface area (Å²) in [4.78, 5) is 5.30. The molecule has 0 saturated heterocycles. The summed E-state index contributed by atoms with van der Waals surface area (Å²) < 4.78 is 13.6. The molecule has 1 unspecified atom stereocenters. The van der Waals surface area contributed by atoms with Gasteiger partial charge in [0.2, 0.25) is 0 Å². The van der Waals surface area contributed by atoms with E-state index in [0.717, 1.165) is 15.4 Å². The highest BCUT2D eigenvalue weighted by molar-refractivity contribution is 9.10. The molecule has 1 atom stereocenters. The Bertz CT molecular complexity index is 510. The molecule has 0 saturated carbocycles. The summed E-state index contributed by atoms with van der Waals surface area (Å²) in [6, 6.07) is 4.55. The molecule has 0 amide bonds. The van der Waals surface area contributed by atoms with Crippen LogP contribution in [0.15, 0.2) is 28.9 Å². The number of rotatable bonds is 2.